The van der Waals surface area contributed by atoms with E-state index in [1.807, 2.05) is 53.4 Å². The molecule has 5 rings (SSSR count). The van der Waals surface area contributed by atoms with Gasteiger partial charge in [-0.3, -0.25) is 9.69 Å². The average molecular weight is 467 g/mol. The lowest BCUT2D eigenvalue weighted by atomic mass is 9.90. The predicted octanol–water partition coefficient (Wildman–Crippen LogP) is 3.72. The summed E-state index contributed by atoms with van der Waals surface area (Å²) in [5, 5.41) is 0.579. The number of nitrogens with zero attached hydrogens (tertiary/aromatic N) is 3. The van der Waals surface area contributed by atoms with Gasteiger partial charge in [0.2, 0.25) is 0 Å². The molecule has 2 aliphatic heterocycles. The van der Waals surface area contributed by atoms with Gasteiger partial charge in [-0.15, -0.1) is 0 Å². The molecule has 1 unspecified atom stereocenters. The standard InChI is InChI=1S/C25H27ClN4O3/c26-20-4-3-5-22-24(20)33-18(16-32-22)15-29-12-8-17(9-13-29)14-21-19(25(27)31)6-7-23(28-21)30-10-1-2-11-30/h1-7,10-11,17-18H,8-9,12-16H2,(H2,27,31). The van der Waals surface area contributed by atoms with Crippen LogP contribution in [0.15, 0.2) is 54.9 Å². The summed E-state index contributed by atoms with van der Waals surface area (Å²) in [5.74, 6) is 2.16. The maximum Gasteiger partial charge on any atom is 0.250 e. The summed E-state index contributed by atoms with van der Waals surface area (Å²) in [5.41, 5.74) is 6.92. The van der Waals surface area contributed by atoms with E-state index in [1.165, 1.54) is 0 Å². The van der Waals surface area contributed by atoms with Gasteiger partial charge in [-0.25, -0.2) is 4.98 Å². The molecule has 8 heteroatoms. The molecule has 7 nitrogen and oxygen atoms in total. The van der Waals surface area contributed by atoms with Crippen LogP contribution in [-0.4, -0.2) is 52.7 Å². The zero-order valence-electron chi connectivity index (χ0n) is 18.3. The van der Waals surface area contributed by atoms with Gasteiger partial charge in [-0.2, -0.15) is 0 Å². The smallest absolute Gasteiger partial charge is 0.250 e. The van der Waals surface area contributed by atoms with E-state index < -0.39 is 5.91 Å². The molecule has 172 valence electrons. The van der Waals surface area contributed by atoms with Gasteiger partial charge in [0.15, 0.2) is 11.5 Å². The quantitative estimate of drug-likeness (QED) is 0.598. The first-order valence-electron chi connectivity index (χ1n) is 11.3. The van der Waals surface area contributed by atoms with Gasteiger partial charge >= 0.3 is 0 Å². The first kappa shape index (κ1) is 21.8. The molecule has 4 heterocycles. The van der Waals surface area contributed by atoms with Crippen molar-refractivity contribution in [1.82, 2.24) is 14.5 Å². The molecule has 3 aromatic rings. The summed E-state index contributed by atoms with van der Waals surface area (Å²) >= 11 is 6.27. The molecule has 1 fully saturated rings. The molecule has 0 spiro atoms. The Balaban J connectivity index is 1.19. The molecule has 0 saturated carbocycles. The predicted molar refractivity (Wildman–Crippen MR) is 126 cm³/mol. The van der Waals surface area contributed by atoms with Crippen molar-refractivity contribution in [2.75, 3.05) is 26.2 Å². The maximum absolute atomic E-state index is 12.0. The summed E-state index contributed by atoms with van der Waals surface area (Å²) in [6.45, 7) is 3.24. The Morgan fingerprint density at radius 3 is 2.67 bits per heavy atom. The monoisotopic (exact) mass is 466 g/mol. The highest BCUT2D eigenvalue weighted by atomic mass is 35.5. The minimum atomic E-state index is -0.428. The van der Waals surface area contributed by atoms with E-state index in [9.17, 15) is 4.79 Å². The molecule has 33 heavy (non-hydrogen) atoms. The Hall–Kier alpha value is -3.03. The second-order valence-electron chi connectivity index (χ2n) is 8.68. The number of pyridine rings is 1. The highest BCUT2D eigenvalue weighted by molar-refractivity contribution is 6.32. The number of nitrogens with two attached hydrogens (primary N) is 1. The first-order valence-corrected chi connectivity index (χ1v) is 11.7. The van der Waals surface area contributed by atoms with Crippen molar-refractivity contribution >= 4 is 17.5 Å². The summed E-state index contributed by atoms with van der Waals surface area (Å²) in [4.78, 5) is 19.2. The molecule has 1 aromatic carbocycles. The number of carbonyl (C=O) groups is 1. The molecule has 0 radical (unpaired) electrons. The second kappa shape index (κ2) is 9.45. The van der Waals surface area contributed by atoms with Gasteiger partial charge in [-0.05, 0) is 74.7 Å². The van der Waals surface area contributed by atoms with Crippen LogP contribution in [0.2, 0.25) is 5.02 Å². The van der Waals surface area contributed by atoms with Crippen LogP contribution in [0.25, 0.3) is 5.82 Å². The third-order valence-electron chi connectivity index (χ3n) is 6.39. The average Bonchev–Trinajstić information content (AvgIpc) is 3.36. The van der Waals surface area contributed by atoms with Crippen LogP contribution in [0.1, 0.15) is 28.9 Å². The Bertz CT molecular complexity index is 1130. The van der Waals surface area contributed by atoms with Crippen LogP contribution in [-0.2, 0) is 6.42 Å². The molecule has 2 aromatic heterocycles. The fraction of sp³-hybridized carbons (Fsp3) is 0.360. The highest BCUT2D eigenvalue weighted by Gasteiger charge is 2.28. The zero-order valence-corrected chi connectivity index (χ0v) is 19.1. The third kappa shape index (κ3) is 4.84. The van der Waals surface area contributed by atoms with Crippen LogP contribution < -0.4 is 15.2 Å². The molecule has 2 aliphatic rings. The normalized spacial score (nSPS) is 18.9. The van der Waals surface area contributed by atoms with Crippen molar-refractivity contribution in [1.29, 1.82) is 0 Å². The van der Waals surface area contributed by atoms with E-state index in [4.69, 9.17) is 31.8 Å². The molecular formula is C25H27ClN4O3. The van der Waals surface area contributed by atoms with Crippen molar-refractivity contribution in [3.05, 3.63) is 71.1 Å². The number of aromatic nitrogens is 2. The third-order valence-corrected chi connectivity index (χ3v) is 6.68. The van der Waals surface area contributed by atoms with Crippen molar-refractivity contribution in [3.8, 4) is 17.3 Å². The van der Waals surface area contributed by atoms with Crippen LogP contribution in [0, 0.1) is 5.92 Å². The molecule has 1 amide bonds. The largest absolute Gasteiger partial charge is 0.486 e. The van der Waals surface area contributed by atoms with Crippen molar-refractivity contribution < 1.29 is 14.3 Å². The van der Waals surface area contributed by atoms with E-state index in [0.717, 1.165) is 50.4 Å². The number of primary amides is 1. The number of carbonyl (C=O) groups excluding carboxylic acids is 1. The van der Waals surface area contributed by atoms with Gasteiger partial charge in [0.1, 0.15) is 18.5 Å². The van der Waals surface area contributed by atoms with E-state index in [2.05, 4.69) is 4.90 Å². The van der Waals surface area contributed by atoms with Gasteiger partial charge in [-0.1, -0.05) is 17.7 Å². The summed E-state index contributed by atoms with van der Waals surface area (Å²) < 4.78 is 13.9. The second-order valence-corrected chi connectivity index (χ2v) is 9.09. The Kier molecular flexibility index (Phi) is 6.24. The Morgan fingerprint density at radius 2 is 1.91 bits per heavy atom. The SMILES string of the molecule is NC(=O)c1ccc(-n2cccc2)nc1CC1CCN(CC2COc3cccc(Cl)c3O2)CC1. The lowest BCUT2D eigenvalue weighted by Crippen LogP contribution is -2.44. The van der Waals surface area contributed by atoms with E-state index >= 15 is 0 Å². The van der Waals surface area contributed by atoms with Gasteiger partial charge in [0, 0.05) is 18.9 Å². The summed E-state index contributed by atoms with van der Waals surface area (Å²) in [6, 6.07) is 13.1. The van der Waals surface area contributed by atoms with Gasteiger partial charge in [0.05, 0.1) is 16.3 Å². The number of ether oxygens (including phenoxy) is 2. The van der Waals surface area contributed by atoms with Gasteiger partial charge < -0.3 is 19.8 Å². The maximum atomic E-state index is 12.0. The molecule has 1 atom stereocenters. The minimum Gasteiger partial charge on any atom is -0.486 e. The lowest BCUT2D eigenvalue weighted by Gasteiger charge is -2.36. The molecule has 2 N–H and O–H groups in total. The number of amides is 1. The fourth-order valence-corrected chi connectivity index (χ4v) is 4.84. The summed E-state index contributed by atoms with van der Waals surface area (Å²) in [7, 11) is 0. The van der Waals surface area contributed by atoms with Crippen LogP contribution in [0.5, 0.6) is 11.5 Å². The summed E-state index contributed by atoms with van der Waals surface area (Å²) in [6.07, 6.45) is 6.63. The number of para-hydroxylation sites is 1. The molecule has 0 bridgehead atoms. The molecular weight excluding hydrogens is 440 g/mol. The number of halogens is 1. The van der Waals surface area contributed by atoms with Crippen molar-refractivity contribution in [2.45, 2.75) is 25.4 Å². The number of rotatable bonds is 6. The number of hydrogen-bond donors (Lipinski definition) is 1. The van der Waals surface area contributed by atoms with Crippen molar-refractivity contribution in [2.24, 2.45) is 11.7 Å². The Labute approximate surface area is 198 Å². The topological polar surface area (TPSA) is 82.6 Å². The van der Waals surface area contributed by atoms with Gasteiger partial charge in [0.25, 0.3) is 5.91 Å². The van der Waals surface area contributed by atoms with Crippen LogP contribution in [0.3, 0.4) is 0 Å². The fourth-order valence-electron chi connectivity index (χ4n) is 4.63. The lowest BCUT2D eigenvalue weighted by molar-refractivity contribution is 0.0478. The van der Waals surface area contributed by atoms with E-state index in [-0.39, 0.29) is 6.10 Å². The Morgan fingerprint density at radius 1 is 1.12 bits per heavy atom. The van der Waals surface area contributed by atoms with E-state index in [1.54, 1.807) is 6.07 Å². The zero-order chi connectivity index (χ0) is 22.8. The number of piperidine rings is 1. The minimum absolute atomic E-state index is 0.0460. The van der Waals surface area contributed by atoms with Crippen LogP contribution in [0.4, 0.5) is 0 Å². The number of benzene rings is 1. The molecule has 0 aliphatic carbocycles. The van der Waals surface area contributed by atoms with Crippen LogP contribution >= 0.6 is 11.6 Å². The number of hydrogen-bond acceptors (Lipinski definition) is 5. The van der Waals surface area contributed by atoms with Crippen molar-refractivity contribution in [3.63, 3.8) is 0 Å². The first-order chi connectivity index (χ1) is 16.1. The number of likely N-dealkylation sites (tertiary alicyclic amines) is 1. The highest BCUT2D eigenvalue weighted by Crippen LogP contribution is 2.38. The molecule has 1 saturated heterocycles. The van der Waals surface area contributed by atoms with E-state index in [0.29, 0.717) is 34.6 Å². The number of fused-ring (bicyclic) bond motifs is 1.